The van der Waals surface area contributed by atoms with Gasteiger partial charge in [0.2, 0.25) is 0 Å². The molecule has 1 aliphatic rings. The van der Waals surface area contributed by atoms with Gasteiger partial charge in [-0.1, -0.05) is 96.2 Å². The van der Waals surface area contributed by atoms with Gasteiger partial charge in [0.25, 0.3) is 0 Å². The fourth-order valence-corrected chi connectivity index (χ4v) is 5.36. The van der Waals surface area contributed by atoms with E-state index in [1.807, 2.05) is 30.5 Å². The Kier molecular flexibility index (Phi) is 7.00. The highest BCUT2D eigenvalue weighted by Gasteiger charge is 2.20. The van der Waals surface area contributed by atoms with Crippen LogP contribution in [-0.4, -0.2) is 33.4 Å². The van der Waals surface area contributed by atoms with Gasteiger partial charge >= 0.3 is 5.97 Å². The molecule has 0 amide bonds. The third kappa shape index (κ3) is 5.49. The summed E-state index contributed by atoms with van der Waals surface area (Å²) >= 11 is 1.70. The van der Waals surface area contributed by atoms with Crippen molar-refractivity contribution in [3.05, 3.63) is 119 Å². The Morgan fingerprint density at radius 3 is 2.37 bits per heavy atom. The number of nitrogens with one attached hydrogen (secondary N) is 1. The first-order valence-electron chi connectivity index (χ1n) is 11.6. The van der Waals surface area contributed by atoms with Gasteiger partial charge in [-0.25, -0.2) is 9.78 Å². The minimum absolute atomic E-state index is 0.101. The number of carboxylic acids is 1. The Hall–Kier alpha value is -3.77. The number of ether oxygens (including phenoxy) is 1. The summed E-state index contributed by atoms with van der Waals surface area (Å²) in [6.45, 7) is -0.323. The summed E-state index contributed by atoms with van der Waals surface area (Å²) in [5.41, 5.74) is 7.05. The number of fused-ring (bicyclic) bond motifs is 1. The molecule has 0 radical (unpaired) electrons. The first-order valence-corrected chi connectivity index (χ1v) is 12.6. The van der Waals surface area contributed by atoms with Crippen LogP contribution >= 0.6 is 11.8 Å². The molecular formula is C29H26N2O3S. The molecule has 3 aromatic carbocycles. The van der Waals surface area contributed by atoms with Crippen LogP contribution in [-0.2, 0) is 11.2 Å². The van der Waals surface area contributed by atoms with Gasteiger partial charge in [-0.2, -0.15) is 0 Å². The van der Waals surface area contributed by atoms with Crippen molar-refractivity contribution in [3.63, 3.8) is 0 Å². The molecule has 0 fully saturated rings. The number of aromatic nitrogens is 2. The summed E-state index contributed by atoms with van der Waals surface area (Å²) in [4.78, 5) is 19.1. The zero-order valence-corrected chi connectivity index (χ0v) is 20.0. The molecule has 35 heavy (non-hydrogen) atoms. The molecular weight excluding hydrogens is 456 g/mol. The van der Waals surface area contributed by atoms with Gasteiger partial charge in [0.15, 0.2) is 11.8 Å². The van der Waals surface area contributed by atoms with E-state index < -0.39 is 5.97 Å². The van der Waals surface area contributed by atoms with Crippen LogP contribution in [0.15, 0.2) is 95.8 Å². The maximum Gasteiger partial charge on any atom is 0.341 e. The van der Waals surface area contributed by atoms with Crippen molar-refractivity contribution in [2.75, 3.05) is 12.4 Å². The maximum atomic E-state index is 10.9. The van der Waals surface area contributed by atoms with Crippen molar-refractivity contribution in [1.82, 2.24) is 9.97 Å². The van der Waals surface area contributed by atoms with Crippen LogP contribution in [0, 0.1) is 0 Å². The largest absolute Gasteiger partial charge is 0.482 e. The predicted molar refractivity (Wildman–Crippen MR) is 139 cm³/mol. The second kappa shape index (κ2) is 10.7. The van der Waals surface area contributed by atoms with Crippen LogP contribution in [0.25, 0.3) is 6.08 Å². The Labute approximate surface area is 208 Å². The average Bonchev–Trinajstić information content (AvgIpc) is 3.36. The smallest absolute Gasteiger partial charge is 0.341 e. The topological polar surface area (TPSA) is 75.2 Å². The van der Waals surface area contributed by atoms with E-state index in [1.165, 1.54) is 16.7 Å². The molecule has 0 aliphatic heterocycles. The van der Waals surface area contributed by atoms with Crippen LogP contribution in [0.2, 0.25) is 0 Å². The minimum Gasteiger partial charge on any atom is -0.482 e. The first kappa shape index (κ1) is 23.0. The molecule has 0 bridgehead atoms. The maximum absolute atomic E-state index is 10.9. The quantitative estimate of drug-likeness (QED) is 0.279. The first-order chi connectivity index (χ1) is 17.2. The molecule has 0 unspecified atom stereocenters. The normalized spacial score (nSPS) is 12.8. The van der Waals surface area contributed by atoms with E-state index in [4.69, 9.17) is 9.84 Å². The number of rotatable bonds is 9. The SMILES string of the molecule is O=C(O)COc1cccc2c1CCC(CSc1ncc(C(c3ccccc3)c3ccccc3)[nH]1)=C2. The molecule has 5 rings (SSSR count). The van der Waals surface area contributed by atoms with Gasteiger partial charge in [0, 0.05) is 17.0 Å². The van der Waals surface area contributed by atoms with Crippen LogP contribution in [0.5, 0.6) is 5.75 Å². The highest BCUT2D eigenvalue weighted by Crippen LogP contribution is 2.35. The van der Waals surface area contributed by atoms with Crippen molar-refractivity contribution in [2.45, 2.75) is 23.9 Å². The molecule has 5 nitrogen and oxygen atoms in total. The monoisotopic (exact) mass is 482 g/mol. The summed E-state index contributed by atoms with van der Waals surface area (Å²) in [6.07, 6.45) is 5.90. The summed E-state index contributed by atoms with van der Waals surface area (Å²) in [7, 11) is 0. The van der Waals surface area contributed by atoms with Gasteiger partial charge in [0.05, 0.1) is 12.1 Å². The molecule has 0 atom stereocenters. The van der Waals surface area contributed by atoms with Crippen molar-refractivity contribution in [3.8, 4) is 5.75 Å². The average molecular weight is 483 g/mol. The summed E-state index contributed by atoms with van der Waals surface area (Å²) in [5, 5.41) is 9.82. The van der Waals surface area contributed by atoms with Gasteiger partial charge < -0.3 is 14.8 Å². The van der Waals surface area contributed by atoms with E-state index in [0.717, 1.165) is 40.6 Å². The van der Waals surface area contributed by atoms with Crippen molar-refractivity contribution < 1.29 is 14.6 Å². The van der Waals surface area contributed by atoms with Crippen LogP contribution < -0.4 is 4.74 Å². The second-order valence-corrected chi connectivity index (χ2v) is 9.46. The van der Waals surface area contributed by atoms with E-state index in [2.05, 4.69) is 70.6 Å². The molecule has 1 aromatic heterocycles. The molecule has 0 spiro atoms. The number of aromatic amines is 1. The molecule has 1 heterocycles. The van der Waals surface area contributed by atoms with E-state index in [9.17, 15) is 4.79 Å². The van der Waals surface area contributed by atoms with Gasteiger partial charge in [-0.3, -0.25) is 0 Å². The Morgan fingerprint density at radius 1 is 0.971 bits per heavy atom. The van der Waals surface area contributed by atoms with E-state index in [1.54, 1.807) is 11.8 Å². The lowest BCUT2D eigenvalue weighted by Gasteiger charge is -2.19. The molecule has 2 N–H and O–H groups in total. The third-order valence-electron chi connectivity index (χ3n) is 6.12. The van der Waals surface area contributed by atoms with E-state index in [-0.39, 0.29) is 12.5 Å². The van der Waals surface area contributed by atoms with Crippen LogP contribution in [0.3, 0.4) is 0 Å². The number of thioether (sulfide) groups is 1. The summed E-state index contributed by atoms with van der Waals surface area (Å²) < 4.78 is 5.48. The highest BCUT2D eigenvalue weighted by molar-refractivity contribution is 7.99. The van der Waals surface area contributed by atoms with Crippen molar-refractivity contribution >= 4 is 23.8 Å². The van der Waals surface area contributed by atoms with Crippen LogP contribution in [0.4, 0.5) is 0 Å². The van der Waals surface area contributed by atoms with Gasteiger partial charge in [-0.05, 0) is 35.6 Å². The summed E-state index contributed by atoms with van der Waals surface area (Å²) in [5.74, 6) is 0.639. The Balaban J connectivity index is 1.31. The lowest BCUT2D eigenvalue weighted by molar-refractivity contribution is -0.139. The zero-order chi connectivity index (χ0) is 24.0. The molecule has 1 aliphatic carbocycles. The third-order valence-corrected chi connectivity index (χ3v) is 7.12. The number of carboxylic acid groups (broad SMARTS) is 1. The Morgan fingerprint density at radius 2 is 1.69 bits per heavy atom. The minimum atomic E-state index is -0.967. The molecule has 0 saturated carbocycles. The highest BCUT2D eigenvalue weighted by atomic mass is 32.2. The molecule has 0 saturated heterocycles. The number of carbonyl (C=O) groups is 1. The molecule has 176 valence electrons. The summed E-state index contributed by atoms with van der Waals surface area (Å²) in [6, 6.07) is 26.8. The number of imidazole rings is 1. The molecule has 4 aromatic rings. The van der Waals surface area contributed by atoms with E-state index in [0.29, 0.717) is 5.75 Å². The zero-order valence-electron chi connectivity index (χ0n) is 19.2. The van der Waals surface area contributed by atoms with Gasteiger partial charge in [0.1, 0.15) is 5.75 Å². The fraction of sp³-hybridized carbons (Fsp3) is 0.172. The number of benzene rings is 3. The van der Waals surface area contributed by atoms with Crippen LogP contribution in [0.1, 0.15) is 40.3 Å². The number of hydrogen-bond donors (Lipinski definition) is 2. The number of hydrogen-bond acceptors (Lipinski definition) is 4. The Bertz CT molecular complexity index is 1290. The van der Waals surface area contributed by atoms with Crippen molar-refractivity contribution in [1.29, 1.82) is 0 Å². The van der Waals surface area contributed by atoms with Gasteiger partial charge in [-0.15, -0.1) is 0 Å². The fourth-order valence-electron chi connectivity index (χ4n) is 4.49. The second-order valence-electron chi connectivity index (χ2n) is 8.50. The lowest BCUT2D eigenvalue weighted by Crippen LogP contribution is -2.12. The number of H-pyrrole nitrogens is 1. The predicted octanol–water partition coefficient (Wildman–Crippen LogP) is 6.18. The number of nitrogens with zero attached hydrogens (tertiary/aromatic N) is 1. The molecule has 6 heteroatoms. The number of aliphatic carboxylic acids is 1. The lowest BCUT2D eigenvalue weighted by atomic mass is 9.89. The van der Waals surface area contributed by atoms with E-state index >= 15 is 0 Å². The van der Waals surface area contributed by atoms with Crippen molar-refractivity contribution in [2.24, 2.45) is 0 Å². The standard InChI is InChI=1S/C29H26N2O3S/c32-27(33)18-34-26-13-7-12-23-16-20(14-15-24(23)26)19-35-29-30-17-25(31-29)28(21-8-3-1-4-9-21)22-10-5-2-6-11-22/h1-13,16-17,28H,14-15,18-19H2,(H,30,31)(H,32,33).